The summed E-state index contributed by atoms with van der Waals surface area (Å²) in [4.78, 5) is 2.09. The van der Waals surface area contributed by atoms with Crippen LogP contribution >= 0.6 is 0 Å². The van der Waals surface area contributed by atoms with Crippen molar-refractivity contribution in [2.75, 3.05) is 33.4 Å². The molecule has 2 heterocycles. The molecule has 0 saturated carbocycles. The quantitative estimate of drug-likeness (QED) is 0.684. The molecule has 0 spiro atoms. The fraction of sp³-hybridized carbons (Fsp3) is 0.529. The highest BCUT2D eigenvalue weighted by Crippen LogP contribution is 2.10. The molecule has 128 valence electrons. The molecule has 2 aromatic rings. The Morgan fingerprint density at radius 2 is 2.13 bits per heavy atom. The lowest BCUT2D eigenvalue weighted by Gasteiger charge is -2.23. The van der Waals surface area contributed by atoms with Crippen LogP contribution in [-0.2, 0) is 22.6 Å². The van der Waals surface area contributed by atoms with Gasteiger partial charge in [0.1, 0.15) is 23.9 Å². The third-order valence-corrected chi connectivity index (χ3v) is 3.39. The summed E-state index contributed by atoms with van der Waals surface area (Å²) in [6.07, 6.45) is 1.02. The SMILES string of the molecule is COCCN(Cc1ccc(C)o1)C[C@H](O)COCc1ccco1. The van der Waals surface area contributed by atoms with Gasteiger partial charge in [0.2, 0.25) is 0 Å². The number of hydrogen-bond acceptors (Lipinski definition) is 6. The fourth-order valence-electron chi connectivity index (χ4n) is 2.29. The van der Waals surface area contributed by atoms with Crippen LogP contribution in [0.5, 0.6) is 0 Å². The maximum atomic E-state index is 10.2. The highest BCUT2D eigenvalue weighted by molar-refractivity contribution is 5.05. The molecule has 23 heavy (non-hydrogen) atoms. The maximum Gasteiger partial charge on any atom is 0.129 e. The Morgan fingerprint density at radius 1 is 1.26 bits per heavy atom. The minimum atomic E-state index is -0.585. The van der Waals surface area contributed by atoms with Crippen molar-refractivity contribution in [2.45, 2.75) is 26.2 Å². The molecule has 0 bridgehead atoms. The van der Waals surface area contributed by atoms with E-state index in [-0.39, 0.29) is 6.61 Å². The molecular formula is C17H25NO5. The molecule has 6 nitrogen and oxygen atoms in total. The maximum absolute atomic E-state index is 10.2. The molecular weight excluding hydrogens is 298 g/mol. The lowest BCUT2D eigenvalue weighted by molar-refractivity contribution is -0.000513. The topological polar surface area (TPSA) is 68.2 Å². The van der Waals surface area contributed by atoms with E-state index in [1.54, 1.807) is 13.4 Å². The normalized spacial score (nSPS) is 12.9. The highest BCUT2D eigenvalue weighted by atomic mass is 16.5. The van der Waals surface area contributed by atoms with Crippen LogP contribution in [0.25, 0.3) is 0 Å². The molecule has 0 aliphatic carbocycles. The zero-order valence-corrected chi connectivity index (χ0v) is 13.7. The van der Waals surface area contributed by atoms with Gasteiger partial charge in [-0.1, -0.05) is 0 Å². The van der Waals surface area contributed by atoms with Crippen LogP contribution in [0.3, 0.4) is 0 Å². The van der Waals surface area contributed by atoms with Gasteiger partial charge in [0.25, 0.3) is 0 Å². The van der Waals surface area contributed by atoms with Gasteiger partial charge in [0, 0.05) is 20.2 Å². The van der Waals surface area contributed by atoms with Crippen LogP contribution in [0, 0.1) is 6.92 Å². The largest absolute Gasteiger partial charge is 0.467 e. The highest BCUT2D eigenvalue weighted by Gasteiger charge is 2.14. The van der Waals surface area contributed by atoms with E-state index in [9.17, 15) is 5.11 Å². The number of aryl methyl sites for hydroxylation is 1. The van der Waals surface area contributed by atoms with Crippen LogP contribution in [-0.4, -0.2) is 49.5 Å². The van der Waals surface area contributed by atoms with Crippen molar-refractivity contribution in [3.63, 3.8) is 0 Å². The second kappa shape index (κ2) is 9.52. The number of aliphatic hydroxyl groups is 1. The molecule has 0 aliphatic rings. The van der Waals surface area contributed by atoms with Crippen LogP contribution in [0.1, 0.15) is 17.3 Å². The Balaban J connectivity index is 1.76. The summed E-state index contributed by atoms with van der Waals surface area (Å²) in [5, 5.41) is 10.2. The molecule has 0 aromatic carbocycles. The van der Waals surface area contributed by atoms with Crippen LogP contribution in [0.15, 0.2) is 39.4 Å². The van der Waals surface area contributed by atoms with E-state index >= 15 is 0 Å². The van der Waals surface area contributed by atoms with E-state index in [1.165, 1.54) is 0 Å². The van der Waals surface area contributed by atoms with E-state index in [2.05, 4.69) is 4.90 Å². The van der Waals surface area contributed by atoms with E-state index in [4.69, 9.17) is 18.3 Å². The molecule has 1 atom stereocenters. The van der Waals surface area contributed by atoms with Gasteiger partial charge in [-0.15, -0.1) is 0 Å². The number of ether oxygens (including phenoxy) is 2. The second-order valence-corrected chi connectivity index (χ2v) is 5.49. The van der Waals surface area contributed by atoms with Crippen molar-refractivity contribution in [3.05, 3.63) is 47.8 Å². The van der Waals surface area contributed by atoms with Crippen molar-refractivity contribution in [3.8, 4) is 0 Å². The lowest BCUT2D eigenvalue weighted by Crippen LogP contribution is -2.36. The average Bonchev–Trinajstić information content (AvgIpc) is 3.17. The summed E-state index contributed by atoms with van der Waals surface area (Å²) in [7, 11) is 1.66. The zero-order chi connectivity index (χ0) is 16.5. The standard InChI is InChI=1S/C17H25NO5/c1-14-5-6-16(23-14)11-18(7-9-20-2)10-15(19)12-21-13-17-4-3-8-22-17/h3-6,8,15,19H,7,9-13H2,1-2H3/t15-/m0/s1. The van der Waals surface area contributed by atoms with Gasteiger partial charge in [-0.05, 0) is 31.2 Å². The first-order valence-electron chi connectivity index (χ1n) is 7.72. The number of methoxy groups -OCH3 is 1. The summed E-state index contributed by atoms with van der Waals surface area (Å²) in [6, 6.07) is 7.55. The third-order valence-electron chi connectivity index (χ3n) is 3.39. The number of aliphatic hydroxyl groups excluding tert-OH is 1. The van der Waals surface area contributed by atoms with Crippen LogP contribution in [0.2, 0.25) is 0 Å². The summed E-state index contributed by atoms with van der Waals surface area (Å²) in [6.45, 7) is 4.96. The summed E-state index contributed by atoms with van der Waals surface area (Å²) >= 11 is 0. The minimum absolute atomic E-state index is 0.251. The molecule has 2 rings (SSSR count). The lowest BCUT2D eigenvalue weighted by atomic mass is 10.3. The molecule has 1 N–H and O–H groups in total. The monoisotopic (exact) mass is 323 g/mol. The summed E-state index contributed by atoms with van der Waals surface area (Å²) in [5.41, 5.74) is 0. The number of nitrogens with zero attached hydrogens (tertiary/aromatic N) is 1. The molecule has 0 unspecified atom stereocenters. The first kappa shape index (κ1) is 17.7. The first-order valence-corrected chi connectivity index (χ1v) is 7.72. The van der Waals surface area contributed by atoms with Crippen molar-refractivity contribution < 1.29 is 23.4 Å². The zero-order valence-electron chi connectivity index (χ0n) is 13.7. The predicted molar refractivity (Wildman–Crippen MR) is 85.0 cm³/mol. The Kier molecular flexibility index (Phi) is 7.35. The minimum Gasteiger partial charge on any atom is -0.467 e. The fourth-order valence-corrected chi connectivity index (χ4v) is 2.29. The van der Waals surface area contributed by atoms with Crippen molar-refractivity contribution in [2.24, 2.45) is 0 Å². The van der Waals surface area contributed by atoms with Crippen LogP contribution < -0.4 is 0 Å². The predicted octanol–water partition coefficient (Wildman–Crippen LogP) is 2.21. The number of rotatable bonds is 11. The van der Waals surface area contributed by atoms with Crippen LogP contribution in [0.4, 0.5) is 0 Å². The Morgan fingerprint density at radius 3 is 2.78 bits per heavy atom. The van der Waals surface area contributed by atoms with Gasteiger partial charge >= 0.3 is 0 Å². The Hall–Kier alpha value is -1.60. The first-order chi connectivity index (χ1) is 11.2. The number of hydrogen-bond donors (Lipinski definition) is 1. The molecule has 0 fully saturated rings. The van der Waals surface area contributed by atoms with Gasteiger partial charge in [-0.3, -0.25) is 4.90 Å². The molecule has 2 aromatic heterocycles. The molecule has 0 saturated heterocycles. The van der Waals surface area contributed by atoms with Gasteiger partial charge in [0.05, 0.1) is 32.1 Å². The third kappa shape index (κ3) is 6.58. The molecule has 6 heteroatoms. The smallest absolute Gasteiger partial charge is 0.129 e. The second-order valence-electron chi connectivity index (χ2n) is 5.49. The molecule has 0 radical (unpaired) electrons. The summed E-state index contributed by atoms with van der Waals surface area (Å²) in [5.74, 6) is 2.51. The van der Waals surface area contributed by atoms with Gasteiger partial charge in [0.15, 0.2) is 0 Å². The van der Waals surface area contributed by atoms with Gasteiger partial charge in [-0.2, -0.15) is 0 Å². The average molecular weight is 323 g/mol. The Bertz CT molecular complexity index is 537. The summed E-state index contributed by atoms with van der Waals surface area (Å²) < 4.78 is 21.4. The number of furan rings is 2. The van der Waals surface area contributed by atoms with Crippen molar-refractivity contribution >= 4 is 0 Å². The van der Waals surface area contributed by atoms with Crippen molar-refractivity contribution in [1.29, 1.82) is 0 Å². The van der Waals surface area contributed by atoms with Gasteiger partial charge < -0.3 is 23.4 Å². The van der Waals surface area contributed by atoms with E-state index in [0.29, 0.717) is 32.8 Å². The van der Waals surface area contributed by atoms with E-state index in [0.717, 1.165) is 17.3 Å². The van der Waals surface area contributed by atoms with E-state index in [1.807, 2.05) is 31.2 Å². The Labute approximate surface area is 136 Å². The van der Waals surface area contributed by atoms with E-state index < -0.39 is 6.10 Å². The van der Waals surface area contributed by atoms with Gasteiger partial charge in [-0.25, -0.2) is 0 Å². The van der Waals surface area contributed by atoms with Crippen molar-refractivity contribution in [1.82, 2.24) is 4.90 Å². The molecule has 0 aliphatic heterocycles. The molecule has 0 amide bonds.